The van der Waals surface area contributed by atoms with E-state index in [9.17, 15) is 19.8 Å². The van der Waals surface area contributed by atoms with Crippen molar-refractivity contribution in [2.24, 2.45) is 28.6 Å². The van der Waals surface area contributed by atoms with Crippen molar-refractivity contribution >= 4 is 11.8 Å². The minimum Gasteiger partial charge on any atom is -0.459 e. The Morgan fingerprint density at radius 3 is 2.63 bits per heavy atom. The molecule has 0 spiro atoms. The van der Waals surface area contributed by atoms with Crippen LogP contribution in [0.15, 0.2) is 65.8 Å². The zero-order valence-electron chi connectivity index (χ0n) is 20.4. The number of aliphatic hydroxyl groups excluding tert-OH is 1. The van der Waals surface area contributed by atoms with Crippen LogP contribution in [0.25, 0.3) is 0 Å². The maximum Gasteiger partial charge on any atom is 0.338 e. The third kappa shape index (κ3) is 3.40. The Morgan fingerprint density at radius 2 is 1.91 bits per heavy atom. The van der Waals surface area contributed by atoms with Crippen molar-refractivity contribution in [1.82, 2.24) is 0 Å². The molecule has 186 valence electrons. The second kappa shape index (κ2) is 8.24. The molecule has 0 saturated heterocycles. The number of carbonyl (C=O) groups excluding carboxylic acids is 2. The number of hydrogen-bond donors (Lipinski definition) is 2. The number of hydrogen-bond acceptors (Lipinski definition) is 5. The monoisotopic (exact) mass is 480 g/mol. The largest absolute Gasteiger partial charge is 0.459 e. The lowest BCUT2D eigenvalue weighted by atomic mass is 9.51. The van der Waals surface area contributed by atoms with Crippen molar-refractivity contribution in [2.45, 2.75) is 57.9 Å². The quantitative estimate of drug-likeness (QED) is 0.494. The molecule has 0 aromatic heterocycles. The summed E-state index contributed by atoms with van der Waals surface area (Å²) >= 11 is 0. The first-order valence-electron chi connectivity index (χ1n) is 12.4. The van der Waals surface area contributed by atoms with Crippen molar-refractivity contribution in [3.05, 3.63) is 71.3 Å². The number of carbonyl (C=O) groups is 2. The zero-order valence-corrected chi connectivity index (χ0v) is 20.4. The van der Waals surface area contributed by atoms with Gasteiger partial charge in [-0.1, -0.05) is 49.8 Å². The molecule has 0 unspecified atom stereocenters. The van der Waals surface area contributed by atoms with Crippen LogP contribution in [0.5, 0.6) is 0 Å². The fourth-order valence-electron chi connectivity index (χ4n) is 7.56. The van der Waals surface area contributed by atoms with Crippen molar-refractivity contribution < 1.29 is 28.9 Å². The minimum absolute atomic E-state index is 0.0513. The summed E-state index contributed by atoms with van der Waals surface area (Å²) < 4.78 is 20.8. The van der Waals surface area contributed by atoms with E-state index in [-0.39, 0.29) is 36.6 Å². The fourth-order valence-corrected chi connectivity index (χ4v) is 7.56. The van der Waals surface area contributed by atoms with Gasteiger partial charge in [-0.25, -0.2) is 9.18 Å². The number of ether oxygens (including phenoxy) is 1. The molecule has 2 saturated carbocycles. The van der Waals surface area contributed by atoms with Gasteiger partial charge in [0.2, 0.25) is 0 Å². The molecule has 4 aliphatic rings. The first kappa shape index (κ1) is 24.1. The molecule has 8 atom stereocenters. The number of esters is 1. The van der Waals surface area contributed by atoms with Crippen molar-refractivity contribution in [2.75, 3.05) is 6.61 Å². The summed E-state index contributed by atoms with van der Waals surface area (Å²) in [5.74, 6) is -1.17. The van der Waals surface area contributed by atoms with Crippen LogP contribution in [0.3, 0.4) is 0 Å². The van der Waals surface area contributed by atoms with Crippen molar-refractivity contribution in [3.63, 3.8) is 0 Å². The summed E-state index contributed by atoms with van der Waals surface area (Å²) in [7, 11) is 0. The highest BCUT2D eigenvalue weighted by Gasteiger charge is 2.67. The van der Waals surface area contributed by atoms with E-state index in [1.54, 1.807) is 30.3 Å². The lowest BCUT2D eigenvalue weighted by molar-refractivity contribution is -0.181. The lowest BCUT2D eigenvalue weighted by Crippen LogP contribution is -2.60. The van der Waals surface area contributed by atoms with Crippen LogP contribution in [-0.2, 0) is 9.53 Å². The molecule has 6 heteroatoms. The minimum atomic E-state index is -1.50. The number of ketones is 1. The summed E-state index contributed by atoms with van der Waals surface area (Å²) in [6.07, 6.45) is 5.75. The Bertz CT molecular complexity index is 1140. The maximum atomic E-state index is 15.5. The summed E-state index contributed by atoms with van der Waals surface area (Å²) in [5, 5.41) is 23.2. The van der Waals surface area contributed by atoms with E-state index in [4.69, 9.17) is 4.74 Å². The third-order valence-electron chi connectivity index (χ3n) is 9.49. The first-order chi connectivity index (χ1) is 16.5. The molecule has 4 aliphatic carbocycles. The van der Waals surface area contributed by atoms with E-state index in [1.165, 1.54) is 12.2 Å². The fraction of sp³-hybridized carbons (Fsp3) is 0.517. The van der Waals surface area contributed by atoms with Gasteiger partial charge >= 0.3 is 5.97 Å². The van der Waals surface area contributed by atoms with Crippen LogP contribution in [0.2, 0.25) is 0 Å². The van der Waals surface area contributed by atoms with E-state index in [2.05, 4.69) is 6.08 Å². The smallest absolute Gasteiger partial charge is 0.338 e. The molecular formula is C29H33FO5. The van der Waals surface area contributed by atoms with Crippen molar-refractivity contribution in [3.8, 4) is 0 Å². The van der Waals surface area contributed by atoms with Gasteiger partial charge in [-0.2, -0.15) is 0 Å². The van der Waals surface area contributed by atoms with E-state index in [0.717, 1.165) is 5.57 Å². The second-order valence-corrected chi connectivity index (χ2v) is 11.2. The second-order valence-electron chi connectivity index (χ2n) is 11.2. The third-order valence-corrected chi connectivity index (χ3v) is 9.49. The van der Waals surface area contributed by atoms with Gasteiger partial charge in [-0.15, -0.1) is 0 Å². The van der Waals surface area contributed by atoms with Crippen LogP contribution in [0.4, 0.5) is 4.39 Å². The van der Waals surface area contributed by atoms with E-state index >= 15 is 4.39 Å². The van der Waals surface area contributed by atoms with E-state index < -0.39 is 34.7 Å². The van der Waals surface area contributed by atoms with Gasteiger partial charge in [0.15, 0.2) is 5.78 Å². The molecule has 0 aliphatic heterocycles. The molecular weight excluding hydrogens is 447 g/mol. The maximum absolute atomic E-state index is 15.5. The summed E-state index contributed by atoms with van der Waals surface area (Å²) in [6, 6.07) is 8.54. The molecule has 1 aromatic carbocycles. The van der Waals surface area contributed by atoms with E-state index in [1.807, 2.05) is 26.8 Å². The van der Waals surface area contributed by atoms with Gasteiger partial charge in [-0.05, 0) is 73.8 Å². The Morgan fingerprint density at radius 1 is 1.20 bits per heavy atom. The average molecular weight is 481 g/mol. The summed E-state index contributed by atoms with van der Waals surface area (Å²) in [6.45, 7) is 5.53. The average Bonchev–Trinajstić information content (AvgIpc) is 3.06. The van der Waals surface area contributed by atoms with Gasteiger partial charge in [0, 0.05) is 10.8 Å². The van der Waals surface area contributed by atoms with Gasteiger partial charge < -0.3 is 14.9 Å². The topological polar surface area (TPSA) is 83.8 Å². The summed E-state index contributed by atoms with van der Waals surface area (Å²) in [4.78, 5) is 24.4. The Kier molecular flexibility index (Phi) is 5.68. The molecule has 2 N–H and O–H groups in total. The molecule has 5 nitrogen and oxygen atoms in total. The van der Waals surface area contributed by atoms with E-state index in [0.29, 0.717) is 24.0 Å². The Hall–Kier alpha value is -2.57. The number of fused-ring (bicyclic) bond motifs is 5. The number of rotatable bonds is 4. The van der Waals surface area contributed by atoms with Crippen LogP contribution in [0.1, 0.15) is 50.4 Å². The molecule has 0 radical (unpaired) electrons. The molecule has 5 rings (SSSR count). The molecule has 35 heavy (non-hydrogen) atoms. The lowest BCUT2D eigenvalue weighted by Gasteiger charge is -2.55. The highest BCUT2D eigenvalue weighted by Crippen LogP contribution is 2.67. The van der Waals surface area contributed by atoms with Crippen LogP contribution in [0, 0.1) is 28.6 Å². The van der Waals surface area contributed by atoms with Crippen molar-refractivity contribution in [1.29, 1.82) is 0 Å². The number of benzene rings is 1. The summed E-state index contributed by atoms with van der Waals surface area (Å²) in [5.41, 5.74) is -0.864. The van der Waals surface area contributed by atoms with Gasteiger partial charge in [0.1, 0.15) is 24.5 Å². The van der Waals surface area contributed by atoms with Crippen LogP contribution < -0.4 is 0 Å². The highest BCUT2D eigenvalue weighted by molar-refractivity contribution is 6.01. The van der Waals surface area contributed by atoms with Crippen LogP contribution in [-0.4, -0.2) is 46.4 Å². The van der Waals surface area contributed by atoms with Gasteiger partial charge in [-0.3, -0.25) is 4.79 Å². The SMILES string of the molecule is C[C@H]1C[C@H]2[C@@H]3C[C@@H](F)C4=CC(=O)C=C[C@]4(C)C3=CC[C@]2(C)[C@@]1(O)[C@H](O)COC(=O)c1ccccc1. The molecule has 1 aromatic rings. The molecule has 0 heterocycles. The standard InChI is InChI=1S/C29H33FO5/c1-17-13-22-20-15-24(30)23-14-19(31)9-11-27(23,2)21(20)10-12-28(22,3)29(17,34)25(32)16-35-26(33)18-7-5-4-6-8-18/h4-11,14,17,20,22,24-25,32,34H,12-13,15-16H2,1-3H3/t17-,20+,22-,24+,25+,27+,28-,29-/m0/s1. The number of alkyl halides is 1. The number of aliphatic hydroxyl groups is 2. The molecule has 2 fully saturated rings. The van der Waals surface area contributed by atoms with Gasteiger partial charge in [0.05, 0.1) is 5.56 Å². The Labute approximate surface area is 205 Å². The van der Waals surface area contributed by atoms with Crippen LogP contribution >= 0.6 is 0 Å². The Balaban J connectivity index is 1.43. The number of allylic oxidation sites excluding steroid dienone is 6. The molecule has 0 bridgehead atoms. The molecule has 0 amide bonds. The highest BCUT2D eigenvalue weighted by atomic mass is 19.1. The first-order valence-corrected chi connectivity index (χ1v) is 12.4. The van der Waals surface area contributed by atoms with Gasteiger partial charge in [0.25, 0.3) is 0 Å². The zero-order chi connectivity index (χ0) is 25.2. The normalized spacial score (nSPS) is 40.7. The predicted octanol–water partition coefficient (Wildman–Crippen LogP) is 4.36. The number of halogens is 1. The predicted molar refractivity (Wildman–Crippen MR) is 129 cm³/mol.